The highest BCUT2D eigenvalue weighted by molar-refractivity contribution is 6.33. The third-order valence-corrected chi connectivity index (χ3v) is 1.99. The van der Waals surface area contributed by atoms with Crippen LogP contribution in [0.25, 0.3) is 6.08 Å². The van der Waals surface area contributed by atoms with Crippen LogP contribution in [-0.2, 0) is 4.79 Å². The maximum atomic E-state index is 10.7. The Hall–Kier alpha value is -1.81. The highest BCUT2D eigenvalue weighted by Gasteiger charge is 2.07. The van der Waals surface area contributed by atoms with Crippen molar-refractivity contribution >= 4 is 29.6 Å². The topological polar surface area (TPSA) is 80.4 Å². The summed E-state index contributed by atoms with van der Waals surface area (Å²) in [4.78, 5) is 21.2. The SMILES string of the molecule is NC(=O)C=Cc1ccc(Cl)c(C(=O)O)c1. The standard InChI is InChI=1S/C10H8ClNO3/c11-8-3-1-6(2-4-9(12)13)5-7(8)10(14)15/h1-5H,(H2,12,13)(H,14,15). The second-order valence-corrected chi connectivity index (χ2v) is 3.19. The lowest BCUT2D eigenvalue weighted by Crippen LogP contribution is -2.05. The number of hydrogen-bond donors (Lipinski definition) is 2. The van der Waals surface area contributed by atoms with E-state index in [9.17, 15) is 9.59 Å². The van der Waals surface area contributed by atoms with Crippen molar-refractivity contribution in [2.75, 3.05) is 0 Å². The van der Waals surface area contributed by atoms with Gasteiger partial charge in [0, 0.05) is 6.08 Å². The monoisotopic (exact) mass is 225 g/mol. The molecular weight excluding hydrogens is 218 g/mol. The molecule has 0 saturated carbocycles. The van der Waals surface area contributed by atoms with Crippen LogP contribution in [0.15, 0.2) is 24.3 Å². The van der Waals surface area contributed by atoms with Crippen LogP contribution in [0.3, 0.4) is 0 Å². The number of benzene rings is 1. The molecular formula is C10H8ClNO3. The Morgan fingerprint density at radius 2 is 2.07 bits per heavy atom. The molecule has 15 heavy (non-hydrogen) atoms. The van der Waals surface area contributed by atoms with Gasteiger partial charge >= 0.3 is 5.97 Å². The molecule has 0 fully saturated rings. The molecule has 78 valence electrons. The largest absolute Gasteiger partial charge is 0.478 e. The minimum atomic E-state index is -1.12. The first-order valence-corrected chi connectivity index (χ1v) is 4.39. The maximum Gasteiger partial charge on any atom is 0.337 e. The Balaban J connectivity index is 3.08. The van der Waals surface area contributed by atoms with Gasteiger partial charge in [0.2, 0.25) is 5.91 Å². The van der Waals surface area contributed by atoms with E-state index in [1.165, 1.54) is 18.2 Å². The number of amides is 1. The van der Waals surface area contributed by atoms with Gasteiger partial charge in [0.15, 0.2) is 0 Å². The van der Waals surface area contributed by atoms with E-state index in [0.717, 1.165) is 6.08 Å². The molecule has 1 rings (SSSR count). The molecule has 0 aliphatic heterocycles. The number of carboxylic acid groups (broad SMARTS) is 1. The minimum Gasteiger partial charge on any atom is -0.478 e. The quantitative estimate of drug-likeness (QED) is 0.766. The molecule has 1 aromatic carbocycles. The smallest absolute Gasteiger partial charge is 0.337 e. The van der Waals surface area contributed by atoms with Gasteiger partial charge in [0.05, 0.1) is 10.6 Å². The van der Waals surface area contributed by atoms with E-state index in [0.29, 0.717) is 5.56 Å². The molecule has 5 heteroatoms. The fraction of sp³-hybridized carbons (Fsp3) is 0. The van der Waals surface area contributed by atoms with Gasteiger partial charge in [-0.3, -0.25) is 4.79 Å². The molecule has 3 N–H and O–H groups in total. The molecule has 0 saturated heterocycles. The number of carbonyl (C=O) groups is 2. The van der Waals surface area contributed by atoms with Crippen molar-refractivity contribution in [3.63, 3.8) is 0 Å². The average Bonchev–Trinajstić information content (AvgIpc) is 2.16. The first kappa shape index (κ1) is 11.3. The van der Waals surface area contributed by atoms with Crippen molar-refractivity contribution in [1.82, 2.24) is 0 Å². The lowest BCUT2D eigenvalue weighted by Gasteiger charge is -1.99. The fourth-order valence-electron chi connectivity index (χ4n) is 0.989. The number of nitrogens with two attached hydrogens (primary N) is 1. The summed E-state index contributed by atoms with van der Waals surface area (Å²) < 4.78 is 0. The zero-order valence-electron chi connectivity index (χ0n) is 7.61. The van der Waals surface area contributed by atoms with E-state index in [-0.39, 0.29) is 10.6 Å². The van der Waals surface area contributed by atoms with Gasteiger partial charge < -0.3 is 10.8 Å². The number of aromatic carboxylic acids is 1. The predicted octanol–water partition coefficient (Wildman–Crippen LogP) is 1.54. The molecule has 0 spiro atoms. The summed E-state index contributed by atoms with van der Waals surface area (Å²) in [5, 5.41) is 8.92. The van der Waals surface area contributed by atoms with Gasteiger partial charge in [0.1, 0.15) is 0 Å². The van der Waals surface area contributed by atoms with E-state index in [1.54, 1.807) is 6.07 Å². The van der Waals surface area contributed by atoms with Crippen LogP contribution >= 0.6 is 11.6 Å². The van der Waals surface area contributed by atoms with Crippen LogP contribution in [0.4, 0.5) is 0 Å². The summed E-state index contributed by atoms with van der Waals surface area (Å²) in [5.41, 5.74) is 5.44. The Labute approximate surface area is 91.0 Å². The second-order valence-electron chi connectivity index (χ2n) is 2.78. The van der Waals surface area contributed by atoms with E-state index in [1.807, 2.05) is 0 Å². The first-order valence-electron chi connectivity index (χ1n) is 4.01. The van der Waals surface area contributed by atoms with Crippen LogP contribution in [0.5, 0.6) is 0 Å². The highest BCUT2D eigenvalue weighted by Crippen LogP contribution is 2.18. The van der Waals surface area contributed by atoms with Crippen LogP contribution in [0, 0.1) is 0 Å². The van der Waals surface area contributed by atoms with Gasteiger partial charge in [-0.05, 0) is 23.8 Å². The van der Waals surface area contributed by atoms with Crippen LogP contribution < -0.4 is 5.73 Å². The average molecular weight is 226 g/mol. The van der Waals surface area contributed by atoms with E-state index < -0.39 is 11.9 Å². The zero-order valence-corrected chi connectivity index (χ0v) is 8.36. The first-order chi connectivity index (χ1) is 7.00. The molecule has 0 unspecified atom stereocenters. The second kappa shape index (κ2) is 4.61. The van der Waals surface area contributed by atoms with Gasteiger partial charge in [-0.2, -0.15) is 0 Å². The normalized spacial score (nSPS) is 10.5. The van der Waals surface area contributed by atoms with Crippen molar-refractivity contribution in [3.8, 4) is 0 Å². The van der Waals surface area contributed by atoms with Crippen molar-refractivity contribution < 1.29 is 14.7 Å². The summed E-state index contributed by atoms with van der Waals surface area (Å²) in [6.45, 7) is 0. The molecule has 0 bridgehead atoms. The van der Waals surface area contributed by atoms with Gasteiger partial charge in [0.25, 0.3) is 0 Å². The number of hydrogen-bond acceptors (Lipinski definition) is 2. The number of carbonyl (C=O) groups excluding carboxylic acids is 1. The summed E-state index contributed by atoms with van der Waals surface area (Å²) in [6, 6.07) is 4.41. The molecule has 4 nitrogen and oxygen atoms in total. The summed E-state index contributed by atoms with van der Waals surface area (Å²) in [7, 11) is 0. The Bertz CT molecular complexity index is 440. The number of rotatable bonds is 3. The molecule has 1 amide bonds. The molecule has 0 aromatic heterocycles. The zero-order chi connectivity index (χ0) is 11.4. The lowest BCUT2D eigenvalue weighted by molar-refractivity contribution is -0.113. The highest BCUT2D eigenvalue weighted by atomic mass is 35.5. The fourth-order valence-corrected chi connectivity index (χ4v) is 1.19. The summed E-state index contributed by atoms with van der Waals surface area (Å²) >= 11 is 5.66. The molecule has 0 radical (unpaired) electrons. The predicted molar refractivity (Wildman–Crippen MR) is 56.6 cm³/mol. The number of primary amides is 1. The van der Waals surface area contributed by atoms with Crippen molar-refractivity contribution in [2.24, 2.45) is 5.73 Å². The van der Waals surface area contributed by atoms with Gasteiger partial charge in [-0.15, -0.1) is 0 Å². The Morgan fingerprint density at radius 3 is 2.60 bits per heavy atom. The molecule has 0 aliphatic carbocycles. The molecule has 0 aliphatic rings. The third kappa shape index (κ3) is 3.11. The lowest BCUT2D eigenvalue weighted by atomic mass is 10.1. The Morgan fingerprint density at radius 1 is 1.40 bits per heavy atom. The van der Waals surface area contributed by atoms with E-state index in [2.05, 4.69) is 0 Å². The van der Waals surface area contributed by atoms with Crippen molar-refractivity contribution in [2.45, 2.75) is 0 Å². The number of halogens is 1. The Kier molecular flexibility index (Phi) is 3.46. The van der Waals surface area contributed by atoms with Crippen molar-refractivity contribution in [3.05, 3.63) is 40.4 Å². The van der Waals surface area contributed by atoms with E-state index in [4.69, 9.17) is 22.4 Å². The number of carboxylic acids is 1. The maximum absolute atomic E-state index is 10.7. The van der Waals surface area contributed by atoms with Crippen LogP contribution in [-0.4, -0.2) is 17.0 Å². The summed E-state index contributed by atoms with van der Waals surface area (Å²) in [6.07, 6.45) is 2.57. The van der Waals surface area contributed by atoms with Crippen molar-refractivity contribution in [1.29, 1.82) is 0 Å². The van der Waals surface area contributed by atoms with Crippen LogP contribution in [0.2, 0.25) is 5.02 Å². The van der Waals surface area contributed by atoms with Gasteiger partial charge in [-0.25, -0.2) is 4.79 Å². The van der Waals surface area contributed by atoms with Crippen LogP contribution in [0.1, 0.15) is 15.9 Å². The van der Waals surface area contributed by atoms with E-state index >= 15 is 0 Å². The molecule has 0 heterocycles. The summed E-state index contributed by atoms with van der Waals surface area (Å²) in [5.74, 6) is -1.71. The molecule has 1 aromatic rings. The minimum absolute atomic E-state index is 0.0108. The molecule has 0 atom stereocenters. The third-order valence-electron chi connectivity index (χ3n) is 1.66. The van der Waals surface area contributed by atoms with Gasteiger partial charge in [-0.1, -0.05) is 17.7 Å².